The van der Waals surface area contributed by atoms with E-state index in [1.807, 2.05) is 37.3 Å². The van der Waals surface area contributed by atoms with E-state index in [1.165, 1.54) is 7.11 Å². The van der Waals surface area contributed by atoms with E-state index in [1.54, 1.807) is 28.9 Å². The molecule has 0 atom stereocenters. The maximum atomic E-state index is 12.0. The first-order valence-electron chi connectivity index (χ1n) is 8.66. The third-order valence-corrected chi connectivity index (χ3v) is 4.26. The molecule has 2 aromatic carbocycles. The van der Waals surface area contributed by atoms with Gasteiger partial charge in [-0.05, 0) is 30.7 Å². The Morgan fingerprint density at radius 3 is 2.30 bits per heavy atom. The number of esters is 1. The molecule has 27 heavy (non-hydrogen) atoms. The van der Waals surface area contributed by atoms with Gasteiger partial charge in [-0.15, -0.1) is 0 Å². The number of carboxylic acids is 1. The monoisotopic (exact) mass is 364 g/mol. The average Bonchev–Trinajstić information content (AvgIpc) is 3.08. The highest BCUT2D eigenvalue weighted by molar-refractivity contribution is 5.97. The third kappa shape index (κ3) is 3.60. The smallest absolute Gasteiger partial charge is 0.339 e. The van der Waals surface area contributed by atoms with Crippen LogP contribution in [0.25, 0.3) is 16.9 Å². The molecule has 0 radical (unpaired) electrons. The van der Waals surface area contributed by atoms with Crippen molar-refractivity contribution in [1.82, 2.24) is 9.78 Å². The summed E-state index contributed by atoms with van der Waals surface area (Å²) in [5, 5.41) is 14.5. The van der Waals surface area contributed by atoms with Crippen molar-refractivity contribution in [2.45, 2.75) is 19.8 Å². The zero-order chi connectivity index (χ0) is 19.4. The van der Waals surface area contributed by atoms with E-state index in [9.17, 15) is 14.7 Å². The van der Waals surface area contributed by atoms with Gasteiger partial charge in [0, 0.05) is 5.56 Å². The molecule has 0 aliphatic carbocycles. The largest absolute Gasteiger partial charge is 0.478 e. The van der Waals surface area contributed by atoms with Crippen LogP contribution in [0.1, 0.15) is 39.8 Å². The number of hydrogen-bond acceptors (Lipinski definition) is 4. The number of nitrogens with zero attached hydrogens (tertiary/aromatic N) is 2. The molecule has 0 aliphatic rings. The van der Waals surface area contributed by atoms with Crippen LogP contribution in [0.4, 0.5) is 0 Å². The summed E-state index contributed by atoms with van der Waals surface area (Å²) in [6.45, 7) is 2.00. The molecule has 1 N–H and O–H groups in total. The number of carboxylic acid groups (broad SMARTS) is 1. The number of aromatic carboxylic acids is 1. The van der Waals surface area contributed by atoms with Gasteiger partial charge in [-0.2, -0.15) is 5.10 Å². The first kappa shape index (κ1) is 18.4. The lowest BCUT2D eigenvalue weighted by Gasteiger charge is -2.07. The zero-order valence-electron chi connectivity index (χ0n) is 15.2. The second-order valence-electron chi connectivity index (χ2n) is 6.04. The highest BCUT2D eigenvalue weighted by Crippen LogP contribution is 2.29. The topological polar surface area (TPSA) is 81.4 Å². The summed E-state index contributed by atoms with van der Waals surface area (Å²) in [6.07, 6.45) is 1.38. The zero-order valence-corrected chi connectivity index (χ0v) is 15.2. The fourth-order valence-corrected chi connectivity index (χ4v) is 3.01. The highest BCUT2D eigenvalue weighted by atomic mass is 16.5. The van der Waals surface area contributed by atoms with E-state index < -0.39 is 11.9 Å². The molecule has 0 fully saturated rings. The Bertz CT molecular complexity index is 960. The fraction of sp³-hybridized carbons (Fsp3) is 0.190. The SMILES string of the molecule is CCCc1c(C(=O)O)c(-c2ccc(C(=O)OC)cc2)nn1-c1ccccc1. The van der Waals surface area contributed by atoms with Crippen molar-refractivity contribution < 1.29 is 19.4 Å². The van der Waals surface area contributed by atoms with E-state index in [4.69, 9.17) is 4.74 Å². The van der Waals surface area contributed by atoms with E-state index >= 15 is 0 Å². The number of carbonyl (C=O) groups is 2. The van der Waals surface area contributed by atoms with E-state index in [2.05, 4.69) is 5.10 Å². The molecule has 6 nitrogen and oxygen atoms in total. The van der Waals surface area contributed by atoms with Crippen molar-refractivity contribution in [1.29, 1.82) is 0 Å². The van der Waals surface area contributed by atoms with Gasteiger partial charge in [0.15, 0.2) is 0 Å². The molecule has 1 aromatic heterocycles. The predicted molar refractivity (Wildman–Crippen MR) is 101 cm³/mol. The van der Waals surface area contributed by atoms with Gasteiger partial charge in [0.25, 0.3) is 0 Å². The minimum absolute atomic E-state index is 0.187. The van der Waals surface area contributed by atoms with Gasteiger partial charge in [0.2, 0.25) is 0 Å². The minimum Gasteiger partial charge on any atom is -0.478 e. The van der Waals surface area contributed by atoms with Crippen LogP contribution in [0.2, 0.25) is 0 Å². The van der Waals surface area contributed by atoms with Gasteiger partial charge in [-0.25, -0.2) is 14.3 Å². The number of ether oxygens (including phenoxy) is 1. The molecule has 0 bridgehead atoms. The fourth-order valence-electron chi connectivity index (χ4n) is 3.01. The summed E-state index contributed by atoms with van der Waals surface area (Å²) < 4.78 is 6.39. The molecule has 138 valence electrons. The Kier molecular flexibility index (Phi) is 5.35. The summed E-state index contributed by atoms with van der Waals surface area (Å²) in [5.74, 6) is -1.46. The van der Waals surface area contributed by atoms with E-state index in [-0.39, 0.29) is 5.56 Å². The Labute approximate surface area is 157 Å². The summed E-state index contributed by atoms with van der Waals surface area (Å²) in [5.41, 5.74) is 3.06. The number of carbonyl (C=O) groups excluding carboxylic acids is 1. The van der Waals surface area contributed by atoms with Crippen molar-refractivity contribution >= 4 is 11.9 Å². The van der Waals surface area contributed by atoms with Crippen LogP contribution in [0, 0.1) is 0 Å². The van der Waals surface area contributed by atoms with Crippen LogP contribution in [-0.4, -0.2) is 33.9 Å². The highest BCUT2D eigenvalue weighted by Gasteiger charge is 2.24. The van der Waals surface area contributed by atoms with Crippen LogP contribution in [-0.2, 0) is 11.2 Å². The number of benzene rings is 2. The van der Waals surface area contributed by atoms with Crippen molar-refractivity contribution in [3.8, 4) is 16.9 Å². The molecular weight excluding hydrogens is 344 g/mol. The van der Waals surface area contributed by atoms with Crippen molar-refractivity contribution in [2.24, 2.45) is 0 Å². The number of methoxy groups -OCH3 is 1. The molecule has 0 saturated heterocycles. The van der Waals surface area contributed by atoms with Gasteiger partial charge in [-0.1, -0.05) is 43.7 Å². The Morgan fingerprint density at radius 1 is 1.07 bits per heavy atom. The van der Waals surface area contributed by atoms with Crippen molar-refractivity contribution in [3.63, 3.8) is 0 Å². The average molecular weight is 364 g/mol. The molecule has 6 heteroatoms. The lowest BCUT2D eigenvalue weighted by Crippen LogP contribution is -2.06. The quantitative estimate of drug-likeness (QED) is 0.669. The van der Waals surface area contributed by atoms with E-state index in [0.29, 0.717) is 28.9 Å². The standard InChI is InChI=1S/C21H20N2O4/c1-3-7-17-18(20(24)25)19(22-23(17)16-8-5-4-6-9-16)14-10-12-15(13-11-14)21(26)27-2/h4-6,8-13H,3,7H2,1-2H3,(H,24,25). The van der Waals surface area contributed by atoms with Crippen LogP contribution in [0.15, 0.2) is 54.6 Å². The molecule has 3 aromatic rings. The van der Waals surface area contributed by atoms with Crippen LogP contribution < -0.4 is 0 Å². The van der Waals surface area contributed by atoms with Gasteiger partial charge in [0.05, 0.1) is 24.1 Å². The first-order valence-corrected chi connectivity index (χ1v) is 8.66. The molecule has 0 spiro atoms. The molecule has 0 unspecified atom stereocenters. The van der Waals surface area contributed by atoms with Crippen LogP contribution in [0.5, 0.6) is 0 Å². The normalized spacial score (nSPS) is 10.6. The second kappa shape index (κ2) is 7.86. The second-order valence-corrected chi connectivity index (χ2v) is 6.04. The Balaban J connectivity index is 2.17. The predicted octanol–water partition coefficient (Wildman–Crippen LogP) is 3.98. The third-order valence-electron chi connectivity index (χ3n) is 4.26. The molecule has 1 heterocycles. The van der Waals surface area contributed by atoms with Gasteiger partial charge < -0.3 is 9.84 Å². The van der Waals surface area contributed by atoms with Crippen LogP contribution in [0.3, 0.4) is 0 Å². The molecular formula is C21H20N2O4. The van der Waals surface area contributed by atoms with Gasteiger partial charge in [-0.3, -0.25) is 0 Å². The van der Waals surface area contributed by atoms with Crippen LogP contribution >= 0.6 is 0 Å². The summed E-state index contributed by atoms with van der Waals surface area (Å²) in [7, 11) is 1.32. The minimum atomic E-state index is -1.02. The number of hydrogen-bond donors (Lipinski definition) is 1. The van der Waals surface area contributed by atoms with Crippen molar-refractivity contribution in [2.75, 3.05) is 7.11 Å². The Morgan fingerprint density at radius 2 is 1.74 bits per heavy atom. The van der Waals surface area contributed by atoms with E-state index in [0.717, 1.165) is 12.1 Å². The molecule has 3 rings (SSSR count). The molecule has 0 aliphatic heterocycles. The van der Waals surface area contributed by atoms with Gasteiger partial charge in [0.1, 0.15) is 11.3 Å². The molecule has 0 saturated carbocycles. The lowest BCUT2D eigenvalue weighted by atomic mass is 10.0. The first-order chi connectivity index (χ1) is 13.1. The number of aromatic nitrogens is 2. The molecule has 0 amide bonds. The lowest BCUT2D eigenvalue weighted by molar-refractivity contribution is 0.0599. The summed E-state index contributed by atoms with van der Waals surface area (Å²) in [4.78, 5) is 23.7. The summed E-state index contributed by atoms with van der Waals surface area (Å²) >= 11 is 0. The Hall–Kier alpha value is -3.41. The maximum absolute atomic E-state index is 12.0. The maximum Gasteiger partial charge on any atom is 0.339 e. The summed E-state index contributed by atoms with van der Waals surface area (Å²) in [6, 6.07) is 16.0. The number of rotatable bonds is 6. The van der Waals surface area contributed by atoms with Crippen molar-refractivity contribution in [3.05, 3.63) is 71.4 Å². The number of para-hydroxylation sites is 1. The van der Waals surface area contributed by atoms with Gasteiger partial charge >= 0.3 is 11.9 Å².